The number of hydrogen-bond donors (Lipinski definition) is 1. The molecule has 5 heteroatoms. The van der Waals surface area contributed by atoms with E-state index < -0.39 is 0 Å². The molecule has 0 amide bonds. The average Bonchev–Trinajstić information content (AvgIpc) is 2.82. The number of anilines is 1. The van der Waals surface area contributed by atoms with Crippen molar-refractivity contribution in [1.29, 1.82) is 0 Å². The number of nitrogens with zero attached hydrogens (tertiary/aromatic N) is 2. The molecule has 0 saturated heterocycles. The SMILES string of the molecule is Nc1noc(-c2ccc(I)cc2)c1-c1cccnc1. The molecule has 0 atom stereocenters. The number of pyridine rings is 1. The predicted octanol–water partition coefficient (Wildman–Crippen LogP) is 3.59. The van der Waals surface area contributed by atoms with Crippen LogP contribution in [0.25, 0.3) is 22.5 Å². The molecule has 0 fully saturated rings. The molecule has 19 heavy (non-hydrogen) atoms. The molecular weight excluding hydrogens is 353 g/mol. The van der Waals surface area contributed by atoms with Crippen LogP contribution < -0.4 is 5.73 Å². The van der Waals surface area contributed by atoms with Crippen LogP contribution in [0.5, 0.6) is 0 Å². The van der Waals surface area contributed by atoms with E-state index in [0.29, 0.717) is 11.6 Å². The van der Waals surface area contributed by atoms with E-state index >= 15 is 0 Å². The minimum Gasteiger partial charge on any atom is -0.380 e. The molecule has 0 saturated carbocycles. The normalized spacial score (nSPS) is 10.6. The van der Waals surface area contributed by atoms with E-state index in [0.717, 1.165) is 20.3 Å². The third-order valence-electron chi connectivity index (χ3n) is 2.78. The van der Waals surface area contributed by atoms with Gasteiger partial charge in [-0.05, 0) is 40.8 Å². The highest BCUT2D eigenvalue weighted by Crippen LogP contribution is 2.36. The third-order valence-corrected chi connectivity index (χ3v) is 3.49. The van der Waals surface area contributed by atoms with Gasteiger partial charge in [0, 0.05) is 27.1 Å². The molecule has 3 aromatic rings. The van der Waals surface area contributed by atoms with Crippen molar-refractivity contribution in [3.05, 3.63) is 52.4 Å². The number of halogens is 1. The maximum Gasteiger partial charge on any atom is 0.176 e. The molecule has 3 rings (SSSR count). The van der Waals surface area contributed by atoms with Gasteiger partial charge < -0.3 is 10.3 Å². The molecule has 2 N–H and O–H groups in total. The van der Waals surface area contributed by atoms with Crippen LogP contribution in [0.15, 0.2) is 53.3 Å². The van der Waals surface area contributed by atoms with Crippen LogP contribution in [-0.4, -0.2) is 10.1 Å². The smallest absolute Gasteiger partial charge is 0.176 e. The molecule has 0 aliphatic heterocycles. The van der Waals surface area contributed by atoms with Crippen molar-refractivity contribution in [2.24, 2.45) is 0 Å². The highest BCUT2D eigenvalue weighted by atomic mass is 127. The number of aromatic nitrogens is 2. The van der Waals surface area contributed by atoms with Crippen LogP contribution in [-0.2, 0) is 0 Å². The summed E-state index contributed by atoms with van der Waals surface area (Å²) in [6, 6.07) is 11.8. The predicted molar refractivity (Wildman–Crippen MR) is 82.3 cm³/mol. The topological polar surface area (TPSA) is 64.9 Å². The largest absolute Gasteiger partial charge is 0.380 e. The lowest BCUT2D eigenvalue weighted by Gasteiger charge is -2.02. The molecule has 0 bridgehead atoms. The number of hydrogen-bond acceptors (Lipinski definition) is 4. The Hall–Kier alpha value is -1.89. The summed E-state index contributed by atoms with van der Waals surface area (Å²) in [4.78, 5) is 4.10. The summed E-state index contributed by atoms with van der Waals surface area (Å²) >= 11 is 2.26. The first-order valence-corrected chi connectivity index (χ1v) is 6.75. The van der Waals surface area contributed by atoms with Crippen LogP contribution in [0, 0.1) is 3.57 Å². The zero-order valence-electron chi connectivity index (χ0n) is 9.88. The molecule has 0 radical (unpaired) electrons. The lowest BCUT2D eigenvalue weighted by Crippen LogP contribution is -1.89. The quantitative estimate of drug-likeness (QED) is 0.707. The monoisotopic (exact) mass is 363 g/mol. The molecular formula is C14H10IN3O. The maximum absolute atomic E-state index is 5.91. The van der Waals surface area contributed by atoms with Gasteiger partial charge in [-0.15, -0.1) is 0 Å². The van der Waals surface area contributed by atoms with Crippen LogP contribution in [0.2, 0.25) is 0 Å². The molecule has 0 aliphatic rings. The van der Waals surface area contributed by atoms with Crippen LogP contribution in [0.4, 0.5) is 5.82 Å². The number of rotatable bonds is 2. The Bertz CT molecular complexity index is 692. The molecule has 1 aromatic carbocycles. The third kappa shape index (κ3) is 2.33. The van der Waals surface area contributed by atoms with Crippen molar-refractivity contribution in [3.8, 4) is 22.5 Å². The van der Waals surface area contributed by atoms with Gasteiger partial charge in [-0.2, -0.15) is 0 Å². The summed E-state index contributed by atoms with van der Waals surface area (Å²) in [5.74, 6) is 1.04. The fourth-order valence-corrected chi connectivity index (χ4v) is 2.25. The first-order chi connectivity index (χ1) is 9.25. The van der Waals surface area contributed by atoms with Crippen molar-refractivity contribution in [2.75, 3.05) is 5.73 Å². The summed E-state index contributed by atoms with van der Waals surface area (Å²) in [5, 5.41) is 3.86. The second-order valence-corrected chi connectivity index (χ2v) is 5.27. The lowest BCUT2D eigenvalue weighted by molar-refractivity contribution is 0.436. The Balaban J connectivity index is 2.16. The van der Waals surface area contributed by atoms with Gasteiger partial charge in [-0.25, -0.2) is 0 Å². The van der Waals surface area contributed by atoms with Gasteiger partial charge in [-0.1, -0.05) is 23.4 Å². The Kier molecular flexibility index (Phi) is 3.20. The van der Waals surface area contributed by atoms with Gasteiger partial charge in [0.15, 0.2) is 11.6 Å². The number of nitrogen functional groups attached to an aromatic ring is 1. The van der Waals surface area contributed by atoms with Gasteiger partial charge in [0.1, 0.15) is 0 Å². The van der Waals surface area contributed by atoms with Crippen molar-refractivity contribution >= 4 is 28.4 Å². The van der Waals surface area contributed by atoms with Gasteiger partial charge in [0.2, 0.25) is 0 Å². The first-order valence-electron chi connectivity index (χ1n) is 5.67. The average molecular weight is 363 g/mol. The van der Waals surface area contributed by atoms with E-state index in [9.17, 15) is 0 Å². The Morgan fingerprint density at radius 2 is 1.84 bits per heavy atom. The molecule has 0 spiro atoms. The molecule has 4 nitrogen and oxygen atoms in total. The van der Waals surface area contributed by atoms with Crippen LogP contribution in [0.3, 0.4) is 0 Å². The Labute approximate surface area is 123 Å². The van der Waals surface area contributed by atoms with Crippen molar-refractivity contribution in [2.45, 2.75) is 0 Å². The molecule has 2 heterocycles. The minimum atomic E-state index is 0.376. The van der Waals surface area contributed by atoms with E-state index in [1.165, 1.54) is 0 Å². The van der Waals surface area contributed by atoms with Gasteiger partial charge in [0.05, 0.1) is 5.56 Å². The molecule has 2 aromatic heterocycles. The van der Waals surface area contributed by atoms with E-state index in [1.807, 2.05) is 36.4 Å². The Morgan fingerprint density at radius 1 is 1.05 bits per heavy atom. The van der Waals surface area contributed by atoms with Gasteiger partial charge in [0.25, 0.3) is 0 Å². The van der Waals surface area contributed by atoms with Crippen LogP contribution in [0.1, 0.15) is 0 Å². The fourth-order valence-electron chi connectivity index (χ4n) is 1.89. The zero-order valence-corrected chi connectivity index (χ0v) is 12.0. The highest BCUT2D eigenvalue weighted by Gasteiger charge is 2.17. The van der Waals surface area contributed by atoms with Crippen molar-refractivity contribution in [3.63, 3.8) is 0 Å². The van der Waals surface area contributed by atoms with Crippen LogP contribution >= 0.6 is 22.6 Å². The maximum atomic E-state index is 5.91. The summed E-state index contributed by atoms with van der Waals surface area (Å²) in [6.07, 6.45) is 3.47. The lowest BCUT2D eigenvalue weighted by atomic mass is 10.0. The second-order valence-electron chi connectivity index (χ2n) is 4.02. The first kappa shape index (κ1) is 12.2. The van der Waals surface area contributed by atoms with Crippen molar-refractivity contribution < 1.29 is 4.52 Å². The standard InChI is InChI=1S/C14H10IN3O/c15-11-5-3-9(4-6-11)13-12(14(16)18-19-13)10-2-1-7-17-8-10/h1-8H,(H2,16,18). The summed E-state index contributed by atoms with van der Waals surface area (Å²) in [5.41, 5.74) is 8.54. The Morgan fingerprint density at radius 3 is 2.53 bits per heavy atom. The molecule has 0 aliphatic carbocycles. The van der Waals surface area contributed by atoms with Gasteiger partial charge >= 0.3 is 0 Å². The highest BCUT2D eigenvalue weighted by molar-refractivity contribution is 14.1. The summed E-state index contributed by atoms with van der Waals surface area (Å²) in [7, 11) is 0. The zero-order chi connectivity index (χ0) is 13.2. The summed E-state index contributed by atoms with van der Waals surface area (Å²) in [6.45, 7) is 0. The van der Waals surface area contributed by atoms with E-state index in [1.54, 1.807) is 12.4 Å². The van der Waals surface area contributed by atoms with Crippen molar-refractivity contribution in [1.82, 2.24) is 10.1 Å². The summed E-state index contributed by atoms with van der Waals surface area (Å²) < 4.78 is 6.53. The van der Waals surface area contributed by atoms with Gasteiger partial charge in [-0.3, -0.25) is 4.98 Å². The number of nitrogens with two attached hydrogens (primary N) is 1. The van der Waals surface area contributed by atoms with E-state index in [4.69, 9.17) is 10.3 Å². The minimum absolute atomic E-state index is 0.376. The second kappa shape index (κ2) is 5.00. The molecule has 94 valence electrons. The van der Waals surface area contributed by atoms with E-state index in [2.05, 4.69) is 32.7 Å². The number of benzene rings is 1. The fraction of sp³-hybridized carbons (Fsp3) is 0. The molecule has 0 unspecified atom stereocenters. The van der Waals surface area contributed by atoms with E-state index in [-0.39, 0.29) is 0 Å².